The highest BCUT2D eigenvalue weighted by molar-refractivity contribution is 5.95. The molecule has 2 aromatic carbocycles. The summed E-state index contributed by atoms with van der Waals surface area (Å²) in [7, 11) is 0. The molecule has 3 aromatic rings. The molecule has 1 unspecified atom stereocenters. The van der Waals surface area contributed by atoms with Crippen LogP contribution in [0.3, 0.4) is 0 Å². The number of amides is 1. The van der Waals surface area contributed by atoms with E-state index in [2.05, 4.69) is 20.2 Å². The van der Waals surface area contributed by atoms with E-state index >= 15 is 0 Å². The van der Waals surface area contributed by atoms with E-state index in [9.17, 15) is 9.18 Å². The second-order valence-corrected chi connectivity index (χ2v) is 7.34. The van der Waals surface area contributed by atoms with Crippen molar-refractivity contribution in [3.8, 4) is 11.1 Å². The van der Waals surface area contributed by atoms with Gasteiger partial charge in [0, 0.05) is 30.2 Å². The first kappa shape index (κ1) is 19.2. The van der Waals surface area contributed by atoms with Gasteiger partial charge in [0.05, 0.1) is 6.04 Å². The molecule has 1 aromatic heterocycles. The van der Waals surface area contributed by atoms with Crippen molar-refractivity contribution < 1.29 is 9.18 Å². The van der Waals surface area contributed by atoms with Crippen LogP contribution >= 0.6 is 0 Å². The Morgan fingerprint density at radius 1 is 1.14 bits per heavy atom. The van der Waals surface area contributed by atoms with Crippen molar-refractivity contribution in [1.82, 2.24) is 14.9 Å². The van der Waals surface area contributed by atoms with E-state index in [0.717, 1.165) is 47.6 Å². The molecule has 148 valence electrons. The highest BCUT2D eigenvalue weighted by atomic mass is 19.1. The van der Waals surface area contributed by atoms with Gasteiger partial charge in [-0.25, -0.2) is 14.4 Å². The summed E-state index contributed by atoms with van der Waals surface area (Å²) in [6.45, 7) is 3.40. The van der Waals surface area contributed by atoms with Crippen LogP contribution in [-0.4, -0.2) is 33.4 Å². The first-order chi connectivity index (χ1) is 14.1. The zero-order valence-corrected chi connectivity index (χ0v) is 16.3. The number of benzene rings is 2. The van der Waals surface area contributed by atoms with Gasteiger partial charge in [-0.1, -0.05) is 24.3 Å². The van der Waals surface area contributed by atoms with Crippen molar-refractivity contribution in [3.63, 3.8) is 0 Å². The minimum Gasteiger partial charge on any atom is -0.325 e. The number of carbonyl (C=O) groups is 1. The summed E-state index contributed by atoms with van der Waals surface area (Å²) in [5, 5.41) is 3.01. The monoisotopic (exact) mass is 390 g/mol. The average molecular weight is 390 g/mol. The Balaban J connectivity index is 1.41. The molecule has 6 heteroatoms. The van der Waals surface area contributed by atoms with Crippen LogP contribution in [0.15, 0.2) is 60.9 Å². The molecule has 0 radical (unpaired) electrons. The van der Waals surface area contributed by atoms with Crippen LogP contribution in [0.4, 0.5) is 10.1 Å². The average Bonchev–Trinajstić information content (AvgIpc) is 3.18. The predicted molar refractivity (Wildman–Crippen MR) is 111 cm³/mol. The number of anilines is 1. The summed E-state index contributed by atoms with van der Waals surface area (Å²) in [4.78, 5) is 23.5. The normalized spacial score (nSPS) is 16.7. The largest absolute Gasteiger partial charge is 0.325 e. The van der Waals surface area contributed by atoms with E-state index in [1.165, 1.54) is 12.1 Å². The fourth-order valence-electron chi connectivity index (χ4n) is 3.69. The number of rotatable bonds is 5. The van der Waals surface area contributed by atoms with E-state index in [4.69, 9.17) is 0 Å². The van der Waals surface area contributed by atoms with Gasteiger partial charge in [-0.15, -0.1) is 0 Å². The molecule has 4 rings (SSSR count). The molecule has 1 fully saturated rings. The van der Waals surface area contributed by atoms with Crippen molar-refractivity contribution >= 4 is 11.6 Å². The first-order valence-corrected chi connectivity index (χ1v) is 9.77. The Morgan fingerprint density at radius 2 is 1.90 bits per heavy atom. The summed E-state index contributed by atoms with van der Waals surface area (Å²) >= 11 is 0. The summed E-state index contributed by atoms with van der Waals surface area (Å²) in [5.74, 6) is 0.473. The fraction of sp³-hybridized carbons (Fsp3) is 0.261. The molecule has 1 N–H and O–H groups in total. The van der Waals surface area contributed by atoms with E-state index < -0.39 is 0 Å². The van der Waals surface area contributed by atoms with Crippen LogP contribution in [0.2, 0.25) is 0 Å². The topological polar surface area (TPSA) is 58.1 Å². The lowest BCUT2D eigenvalue weighted by Gasteiger charge is -2.23. The predicted octanol–water partition coefficient (Wildman–Crippen LogP) is 4.19. The van der Waals surface area contributed by atoms with Crippen molar-refractivity contribution in [1.29, 1.82) is 0 Å². The SMILES string of the molecule is Cc1ncc(CN2CCCC2C(=O)Nc2ccc(-c3cccc(F)c3)cc2)cn1. The van der Waals surface area contributed by atoms with Crippen LogP contribution in [0.5, 0.6) is 0 Å². The summed E-state index contributed by atoms with van der Waals surface area (Å²) in [5.41, 5.74) is 3.46. The number of hydrogen-bond donors (Lipinski definition) is 1. The molecule has 1 amide bonds. The van der Waals surface area contributed by atoms with Gasteiger partial charge in [-0.05, 0) is 61.7 Å². The number of nitrogens with zero attached hydrogens (tertiary/aromatic N) is 3. The molecule has 29 heavy (non-hydrogen) atoms. The second-order valence-electron chi connectivity index (χ2n) is 7.34. The molecule has 1 atom stereocenters. The Labute approximate surface area is 169 Å². The van der Waals surface area contributed by atoms with E-state index in [-0.39, 0.29) is 17.8 Å². The zero-order valence-electron chi connectivity index (χ0n) is 16.3. The quantitative estimate of drug-likeness (QED) is 0.710. The van der Waals surface area contributed by atoms with E-state index in [0.29, 0.717) is 6.54 Å². The van der Waals surface area contributed by atoms with Gasteiger partial charge in [-0.3, -0.25) is 9.69 Å². The van der Waals surface area contributed by atoms with Gasteiger partial charge in [-0.2, -0.15) is 0 Å². The van der Waals surface area contributed by atoms with Crippen molar-refractivity contribution in [2.45, 2.75) is 32.4 Å². The minimum absolute atomic E-state index is 0.00552. The Bertz CT molecular complexity index is 989. The second kappa shape index (κ2) is 8.49. The van der Waals surface area contributed by atoms with Crippen molar-refractivity contribution in [3.05, 3.63) is 78.1 Å². The van der Waals surface area contributed by atoms with Crippen molar-refractivity contribution in [2.75, 3.05) is 11.9 Å². The Kier molecular flexibility index (Phi) is 5.62. The third kappa shape index (κ3) is 4.66. The molecule has 2 heterocycles. The van der Waals surface area contributed by atoms with Gasteiger partial charge in [0.2, 0.25) is 5.91 Å². The highest BCUT2D eigenvalue weighted by Crippen LogP contribution is 2.24. The first-order valence-electron chi connectivity index (χ1n) is 9.77. The Morgan fingerprint density at radius 3 is 2.62 bits per heavy atom. The fourth-order valence-corrected chi connectivity index (χ4v) is 3.69. The number of carbonyl (C=O) groups excluding carboxylic acids is 1. The molecule has 1 aliphatic rings. The van der Waals surface area contributed by atoms with Crippen LogP contribution in [0.25, 0.3) is 11.1 Å². The molecule has 0 saturated carbocycles. The Hall–Kier alpha value is -3.12. The number of hydrogen-bond acceptors (Lipinski definition) is 4. The smallest absolute Gasteiger partial charge is 0.241 e. The summed E-state index contributed by atoms with van der Waals surface area (Å²) in [6, 6.07) is 13.8. The van der Waals surface area contributed by atoms with E-state index in [1.807, 2.05) is 49.6 Å². The van der Waals surface area contributed by atoms with Crippen LogP contribution in [0.1, 0.15) is 24.2 Å². The number of halogens is 1. The minimum atomic E-state index is -0.264. The zero-order chi connectivity index (χ0) is 20.2. The standard InChI is InChI=1S/C23H23FN4O/c1-16-25-13-17(14-26-16)15-28-11-3-6-22(28)23(29)27-21-9-7-18(8-10-21)19-4-2-5-20(24)12-19/h2,4-5,7-10,12-14,22H,3,6,11,15H2,1H3,(H,27,29). The molecule has 0 spiro atoms. The summed E-state index contributed by atoms with van der Waals surface area (Å²) in [6.07, 6.45) is 5.46. The molecular weight excluding hydrogens is 367 g/mol. The van der Waals surface area contributed by atoms with E-state index in [1.54, 1.807) is 6.07 Å². The summed E-state index contributed by atoms with van der Waals surface area (Å²) < 4.78 is 13.4. The number of likely N-dealkylation sites (tertiary alicyclic amines) is 1. The lowest BCUT2D eigenvalue weighted by atomic mass is 10.1. The third-order valence-corrected chi connectivity index (χ3v) is 5.20. The molecule has 1 saturated heterocycles. The number of aromatic nitrogens is 2. The number of aryl methyl sites for hydroxylation is 1. The maximum atomic E-state index is 13.4. The van der Waals surface area contributed by atoms with Gasteiger partial charge in [0.25, 0.3) is 0 Å². The molecular formula is C23H23FN4O. The number of nitrogens with one attached hydrogen (secondary N) is 1. The maximum Gasteiger partial charge on any atom is 0.241 e. The van der Waals surface area contributed by atoms with Gasteiger partial charge >= 0.3 is 0 Å². The van der Waals surface area contributed by atoms with Gasteiger partial charge in [0.15, 0.2) is 0 Å². The molecule has 5 nitrogen and oxygen atoms in total. The van der Waals surface area contributed by atoms with Crippen LogP contribution < -0.4 is 5.32 Å². The van der Waals surface area contributed by atoms with Crippen LogP contribution in [0, 0.1) is 12.7 Å². The molecule has 0 bridgehead atoms. The highest BCUT2D eigenvalue weighted by Gasteiger charge is 2.30. The van der Waals surface area contributed by atoms with Gasteiger partial charge in [0.1, 0.15) is 11.6 Å². The molecule has 1 aliphatic heterocycles. The van der Waals surface area contributed by atoms with Gasteiger partial charge < -0.3 is 5.32 Å². The lowest BCUT2D eigenvalue weighted by Crippen LogP contribution is -2.39. The maximum absolute atomic E-state index is 13.4. The molecule has 0 aliphatic carbocycles. The van der Waals surface area contributed by atoms with Crippen molar-refractivity contribution in [2.24, 2.45) is 0 Å². The van der Waals surface area contributed by atoms with Crippen LogP contribution in [-0.2, 0) is 11.3 Å². The third-order valence-electron chi connectivity index (χ3n) is 5.20. The lowest BCUT2D eigenvalue weighted by molar-refractivity contribution is -0.120.